The number of likely N-dealkylation sites (tertiary alicyclic amines) is 1. The van der Waals surface area contributed by atoms with Gasteiger partial charge in [-0.2, -0.15) is 0 Å². The number of rotatable bonds is 4. The number of nitrogens with zero attached hydrogens (tertiary/aromatic N) is 2. The Hall–Kier alpha value is -1.21. The van der Waals surface area contributed by atoms with Crippen molar-refractivity contribution in [2.75, 3.05) is 27.2 Å². The van der Waals surface area contributed by atoms with Gasteiger partial charge in [0.1, 0.15) is 0 Å². The Labute approximate surface area is 145 Å². The maximum Gasteiger partial charge on any atom is 0.265 e. The molecule has 0 spiro atoms. The van der Waals surface area contributed by atoms with Crippen LogP contribution in [0.25, 0.3) is 0 Å². The number of amides is 1. The second-order valence-electron chi connectivity index (χ2n) is 6.15. The van der Waals surface area contributed by atoms with Gasteiger partial charge in [0, 0.05) is 19.1 Å². The third-order valence-electron chi connectivity index (χ3n) is 4.55. The van der Waals surface area contributed by atoms with Crippen LogP contribution in [-0.2, 0) is 10.4 Å². The Balaban J connectivity index is 1.86. The zero-order valence-electron chi connectivity index (χ0n) is 13.4. The molecule has 2 aromatic rings. The van der Waals surface area contributed by atoms with Crippen LogP contribution in [0.1, 0.15) is 22.6 Å². The summed E-state index contributed by atoms with van der Waals surface area (Å²) >= 11 is 2.85. The van der Waals surface area contributed by atoms with Crippen molar-refractivity contribution in [1.82, 2.24) is 9.80 Å². The Morgan fingerprint density at radius 2 is 1.70 bits per heavy atom. The van der Waals surface area contributed by atoms with Crippen molar-refractivity contribution in [3.05, 3.63) is 44.8 Å². The minimum Gasteiger partial charge on any atom is -0.371 e. The van der Waals surface area contributed by atoms with Crippen molar-refractivity contribution < 1.29 is 9.90 Å². The Morgan fingerprint density at radius 3 is 2.09 bits per heavy atom. The van der Waals surface area contributed by atoms with E-state index in [1.165, 1.54) is 22.7 Å². The lowest BCUT2D eigenvalue weighted by Crippen LogP contribution is -2.51. The molecule has 1 saturated heterocycles. The molecule has 124 valence electrons. The van der Waals surface area contributed by atoms with Crippen molar-refractivity contribution in [1.29, 1.82) is 0 Å². The molecule has 0 saturated carbocycles. The molecule has 6 heteroatoms. The number of carbonyl (C=O) groups excluding carboxylic acids is 1. The molecule has 0 aromatic carbocycles. The van der Waals surface area contributed by atoms with E-state index in [0.717, 1.165) is 12.8 Å². The van der Waals surface area contributed by atoms with E-state index in [9.17, 15) is 9.90 Å². The maximum absolute atomic E-state index is 13.2. The molecule has 1 fully saturated rings. The summed E-state index contributed by atoms with van der Waals surface area (Å²) in [7, 11) is 4.16. The van der Waals surface area contributed by atoms with Gasteiger partial charge < -0.3 is 14.9 Å². The van der Waals surface area contributed by atoms with E-state index in [0.29, 0.717) is 28.9 Å². The first-order valence-electron chi connectivity index (χ1n) is 7.79. The summed E-state index contributed by atoms with van der Waals surface area (Å²) in [6, 6.07) is 7.95. The summed E-state index contributed by atoms with van der Waals surface area (Å²) in [4.78, 5) is 18.6. The quantitative estimate of drug-likeness (QED) is 0.922. The molecular formula is C17H22N2O2S2. The second-order valence-corrected chi connectivity index (χ2v) is 8.05. The SMILES string of the molecule is CN(C)C1CCN(C(=O)C(O)(c2cccs2)c2cccs2)CC1. The van der Waals surface area contributed by atoms with Crippen LogP contribution in [-0.4, -0.2) is 54.0 Å². The molecule has 1 aliphatic rings. The van der Waals surface area contributed by atoms with Crippen LogP contribution < -0.4 is 0 Å². The van der Waals surface area contributed by atoms with E-state index in [-0.39, 0.29) is 5.91 Å². The van der Waals surface area contributed by atoms with Gasteiger partial charge in [0.15, 0.2) is 0 Å². The molecule has 1 amide bonds. The zero-order valence-corrected chi connectivity index (χ0v) is 15.1. The molecule has 3 rings (SSSR count). The number of thiophene rings is 2. The number of hydrogen-bond acceptors (Lipinski definition) is 5. The van der Waals surface area contributed by atoms with Crippen molar-refractivity contribution in [3.63, 3.8) is 0 Å². The van der Waals surface area contributed by atoms with E-state index in [4.69, 9.17) is 0 Å². The smallest absolute Gasteiger partial charge is 0.265 e. The lowest BCUT2D eigenvalue weighted by atomic mass is 9.95. The van der Waals surface area contributed by atoms with Crippen molar-refractivity contribution in [2.24, 2.45) is 0 Å². The third-order valence-corrected chi connectivity index (χ3v) is 6.50. The van der Waals surface area contributed by atoms with Crippen molar-refractivity contribution in [3.8, 4) is 0 Å². The fourth-order valence-corrected chi connectivity index (χ4v) is 4.84. The first-order valence-corrected chi connectivity index (χ1v) is 9.55. The van der Waals surface area contributed by atoms with Crippen LogP contribution in [0.5, 0.6) is 0 Å². The number of aliphatic hydroxyl groups is 1. The lowest BCUT2D eigenvalue weighted by molar-refractivity contribution is -0.149. The number of piperidine rings is 1. The first-order chi connectivity index (χ1) is 11.0. The standard InChI is InChI=1S/C17H22N2O2S2/c1-18(2)13-7-9-19(10-8-13)16(20)17(21,14-5-3-11-22-14)15-6-4-12-23-15/h3-6,11-13,21H,7-10H2,1-2H3. The largest absolute Gasteiger partial charge is 0.371 e. The highest BCUT2D eigenvalue weighted by Crippen LogP contribution is 2.37. The predicted octanol–water partition coefficient (Wildman–Crippen LogP) is 2.60. The summed E-state index contributed by atoms with van der Waals surface area (Å²) in [5.74, 6) is -0.195. The maximum atomic E-state index is 13.2. The van der Waals surface area contributed by atoms with Crippen LogP contribution in [0.2, 0.25) is 0 Å². The predicted molar refractivity (Wildman–Crippen MR) is 94.9 cm³/mol. The van der Waals surface area contributed by atoms with Crippen molar-refractivity contribution in [2.45, 2.75) is 24.5 Å². The summed E-state index contributed by atoms with van der Waals surface area (Å²) in [5, 5.41) is 15.2. The third kappa shape index (κ3) is 3.08. The average molecular weight is 351 g/mol. The summed E-state index contributed by atoms with van der Waals surface area (Å²) in [6.07, 6.45) is 1.90. The highest BCUT2D eigenvalue weighted by atomic mass is 32.1. The summed E-state index contributed by atoms with van der Waals surface area (Å²) < 4.78 is 0. The minimum atomic E-state index is -1.55. The molecule has 3 heterocycles. The normalized spacial score (nSPS) is 17.0. The van der Waals surface area contributed by atoms with Gasteiger partial charge in [-0.1, -0.05) is 12.1 Å². The molecule has 0 unspecified atom stereocenters. The van der Waals surface area contributed by atoms with Crippen LogP contribution in [0.15, 0.2) is 35.0 Å². The highest BCUT2D eigenvalue weighted by Gasteiger charge is 2.45. The second kappa shape index (κ2) is 6.73. The van der Waals surface area contributed by atoms with Crippen LogP contribution in [0.3, 0.4) is 0 Å². The van der Waals surface area contributed by atoms with Crippen LogP contribution in [0, 0.1) is 0 Å². The molecule has 0 radical (unpaired) electrons. The van der Waals surface area contributed by atoms with E-state index in [1.807, 2.05) is 39.9 Å². The number of hydrogen-bond donors (Lipinski definition) is 1. The van der Waals surface area contributed by atoms with Gasteiger partial charge in [-0.25, -0.2) is 0 Å². The monoisotopic (exact) mass is 350 g/mol. The molecule has 1 aliphatic heterocycles. The lowest BCUT2D eigenvalue weighted by Gasteiger charge is -2.38. The molecule has 0 atom stereocenters. The van der Waals surface area contributed by atoms with E-state index in [1.54, 1.807) is 0 Å². The molecule has 0 bridgehead atoms. The molecule has 23 heavy (non-hydrogen) atoms. The van der Waals surface area contributed by atoms with Gasteiger partial charge >= 0.3 is 0 Å². The average Bonchev–Trinajstić information content (AvgIpc) is 3.26. The van der Waals surface area contributed by atoms with Gasteiger partial charge in [0.25, 0.3) is 5.91 Å². The van der Waals surface area contributed by atoms with Gasteiger partial charge in [-0.3, -0.25) is 4.79 Å². The van der Waals surface area contributed by atoms with Crippen LogP contribution >= 0.6 is 22.7 Å². The van der Waals surface area contributed by atoms with Crippen LogP contribution in [0.4, 0.5) is 0 Å². The minimum absolute atomic E-state index is 0.195. The fourth-order valence-electron chi connectivity index (χ4n) is 3.12. The van der Waals surface area contributed by atoms with Gasteiger partial charge in [0.2, 0.25) is 5.60 Å². The first kappa shape index (κ1) is 16.6. The summed E-state index contributed by atoms with van der Waals surface area (Å²) in [6.45, 7) is 1.39. The molecular weight excluding hydrogens is 328 g/mol. The van der Waals surface area contributed by atoms with Gasteiger partial charge in [-0.05, 0) is 49.8 Å². The van der Waals surface area contributed by atoms with E-state index >= 15 is 0 Å². The van der Waals surface area contributed by atoms with Crippen molar-refractivity contribution >= 4 is 28.6 Å². The molecule has 4 nitrogen and oxygen atoms in total. The number of carbonyl (C=O) groups is 1. The van der Waals surface area contributed by atoms with E-state index in [2.05, 4.69) is 19.0 Å². The van der Waals surface area contributed by atoms with Gasteiger partial charge in [-0.15, -0.1) is 22.7 Å². The molecule has 0 aliphatic carbocycles. The molecule has 1 N–H and O–H groups in total. The zero-order chi connectivity index (χ0) is 16.4. The van der Waals surface area contributed by atoms with E-state index < -0.39 is 5.60 Å². The fraction of sp³-hybridized carbons (Fsp3) is 0.471. The highest BCUT2D eigenvalue weighted by molar-refractivity contribution is 7.12. The Kier molecular flexibility index (Phi) is 4.87. The Morgan fingerprint density at radius 1 is 1.17 bits per heavy atom. The van der Waals surface area contributed by atoms with Gasteiger partial charge in [0.05, 0.1) is 9.75 Å². The molecule has 2 aromatic heterocycles. The summed E-state index contributed by atoms with van der Waals surface area (Å²) in [5.41, 5.74) is -1.55. The topological polar surface area (TPSA) is 43.8 Å². The Bertz CT molecular complexity index is 595.